The molecule has 0 saturated heterocycles. The van der Waals surface area contributed by atoms with E-state index in [4.69, 9.17) is 0 Å². The molecule has 0 amide bonds. The van der Waals surface area contributed by atoms with Crippen LogP contribution in [0.2, 0.25) is 0 Å². The average Bonchev–Trinajstić information content (AvgIpc) is 1.95. The molecular formula is C8H15OP. The minimum atomic E-state index is 0.354. The van der Waals surface area contributed by atoms with Crippen molar-refractivity contribution in [3.05, 3.63) is 0 Å². The molecule has 1 rings (SSSR count). The molecule has 1 aliphatic rings. The Labute approximate surface area is 64.4 Å². The van der Waals surface area contributed by atoms with Gasteiger partial charge in [0.05, 0.1) is 0 Å². The Morgan fingerprint density at radius 1 is 1.50 bits per heavy atom. The highest BCUT2D eigenvalue weighted by atomic mass is 31.1. The van der Waals surface area contributed by atoms with Crippen LogP contribution < -0.4 is 0 Å². The second-order valence-electron chi connectivity index (χ2n) is 3.13. The van der Waals surface area contributed by atoms with E-state index in [9.17, 15) is 4.79 Å². The van der Waals surface area contributed by atoms with Gasteiger partial charge in [0.15, 0.2) is 0 Å². The fourth-order valence-electron chi connectivity index (χ4n) is 1.40. The molecule has 0 bridgehead atoms. The van der Waals surface area contributed by atoms with Crippen molar-refractivity contribution in [1.29, 1.82) is 0 Å². The molecule has 0 aromatic carbocycles. The molecule has 1 aliphatic carbocycles. The highest BCUT2D eigenvalue weighted by Crippen LogP contribution is 2.30. The number of carbonyl (C=O) groups is 1. The number of ketones is 1. The molecule has 0 aliphatic heterocycles. The molecule has 3 atom stereocenters. The fraction of sp³-hybridized carbons (Fsp3) is 0.875. The van der Waals surface area contributed by atoms with E-state index in [1.807, 2.05) is 0 Å². The average molecular weight is 158 g/mol. The summed E-state index contributed by atoms with van der Waals surface area (Å²) >= 11 is 0. The van der Waals surface area contributed by atoms with E-state index in [1.165, 1.54) is 6.42 Å². The first kappa shape index (κ1) is 8.20. The van der Waals surface area contributed by atoms with Crippen LogP contribution in [-0.4, -0.2) is 18.1 Å². The maximum Gasteiger partial charge on any atom is 0.136 e. The van der Waals surface area contributed by atoms with Crippen molar-refractivity contribution in [2.45, 2.75) is 31.8 Å². The van der Waals surface area contributed by atoms with Gasteiger partial charge in [-0.25, -0.2) is 0 Å². The summed E-state index contributed by atoms with van der Waals surface area (Å²) in [5.74, 6) is 0.846. The molecule has 0 spiro atoms. The van der Waals surface area contributed by atoms with Gasteiger partial charge in [-0.2, -0.15) is 0 Å². The first-order valence-electron chi connectivity index (χ1n) is 3.94. The van der Waals surface area contributed by atoms with Crippen LogP contribution in [0.4, 0.5) is 0 Å². The van der Waals surface area contributed by atoms with Gasteiger partial charge in [0.25, 0.3) is 0 Å². The van der Waals surface area contributed by atoms with Gasteiger partial charge in [0, 0.05) is 12.3 Å². The molecule has 2 heteroatoms. The third-order valence-corrected chi connectivity index (χ3v) is 3.66. The maximum absolute atomic E-state index is 11.2. The summed E-state index contributed by atoms with van der Waals surface area (Å²) < 4.78 is 0. The zero-order chi connectivity index (χ0) is 7.56. The highest BCUT2D eigenvalue weighted by Gasteiger charge is 2.23. The summed E-state index contributed by atoms with van der Waals surface area (Å²) in [5.41, 5.74) is 0.726. The van der Waals surface area contributed by atoms with Crippen LogP contribution in [0.1, 0.15) is 26.2 Å². The smallest absolute Gasteiger partial charge is 0.136 e. The minimum Gasteiger partial charge on any atom is -0.299 e. The molecule has 0 aromatic rings. The molecule has 1 nitrogen and oxygen atoms in total. The van der Waals surface area contributed by atoms with E-state index in [0.717, 1.165) is 27.1 Å². The number of hydrogen-bond acceptors (Lipinski definition) is 1. The van der Waals surface area contributed by atoms with Crippen molar-refractivity contribution in [2.24, 2.45) is 5.92 Å². The molecular weight excluding hydrogens is 143 g/mol. The van der Waals surface area contributed by atoms with Crippen LogP contribution in [0.25, 0.3) is 0 Å². The van der Waals surface area contributed by atoms with Crippen molar-refractivity contribution in [1.82, 2.24) is 0 Å². The molecule has 0 radical (unpaired) electrons. The van der Waals surface area contributed by atoms with E-state index >= 15 is 0 Å². The van der Waals surface area contributed by atoms with Gasteiger partial charge in [0.2, 0.25) is 0 Å². The number of carbonyl (C=O) groups excluding carboxylic acids is 1. The van der Waals surface area contributed by atoms with Crippen LogP contribution in [0.15, 0.2) is 0 Å². The van der Waals surface area contributed by atoms with Crippen LogP contribution in [0.5, 0.6) is 0 Å². The van der Waals surface area contributed by atoms with Gasteiger partial charge < -0.3 is 0 Å². The van der Waals surface area contributed by atoms with Crippen molar-refractivity contribution >= 4 is 14.4 Å². The molecule has 58 valence electrons. The Morgan fingerprint density at radius 2 is 2.20 bits per heavy atom. The van der Waals surface area contributed by atoms with Gasteiger partial charge in [-0.3, -0.25) is 4.79 Å². The first-order chi connectivity index (χ1) is 4.74. The zero-order valence-corrected chi connectivity index (χ0v) is 7.68. The zero-order valence-electron chi connectivity index (χ0n) is 6.68. The lowest BCUT2D eigenvalue weighted by atomic mass is 9.89. The van der Waals surface area contributed by atoms with E-state index in [2.05, 4.69) is 13.6 Å². The largest absolute Gasteiger partial charge is 0.299 e. The standard InChI is InChI=1S/C8H15OP/c1-6-3-4-7(10-2)5-8(6)9/h6-7,10H,3-5H2,1-2H3/t6-,7-/m1/s1. The first-order valence-corrected chi connectivity index (χ1v) is 5.51. The predicted molar refractivity (Wildman–Crippen MR) is 46.0 cm³/mol. The third-order valence-electron chi connectivity index (χ3n) is 2.35. The highest BCUT2D eigenvalue weighted by molar-refractivity contribution is 7.38. The van der Waals surface area contributed by atoms with Gasteiger partial charge in [-0.05, 0) is 25.2 Å². The summed E-state index contributed by atoms with van der Waals surface area (Å²) in [7, 11) is 0.962. The number of rotatable bonds is 1. The Bertz CT molecular complexity index is 133. The van der Waals surface area contributed by atoms with Crippen LogP contribution >= 0.6 is 8.58 Å². The summed E-state index contributed by atoms with van der Waals surface area (Å²) in [4.78, 5) is 11.2. The predicted octanol–water partition coefficient (Wildman–Crippen LogP) is 2.05. The summed E-state index contributed by atoms with van der Waals surface area (Å²) in [6.07, 6.45) is 3.27. The number of Topliss-reactive ketones (excluding diaryl/α,β-unsaturated/α-hetero) is 1. The second kappa shape index (κ2) is 3.48. The van der Waals surface area contributed by atoms with E-state index in [-0.39, 0.29) is 0 Å². The monoisotopic (exact) mass is 158 g/mol. The molecule has 0 N–H and O–H groups in total. The maximum atomic E-state index is 11.2. The Kier molecular flexibility index (Phi) is 2.85. The lowest BCUT2D eigenvalue weighted by Crippen LogP contribution is -2.23. The molecule has 1 fully saturated rings. The molecule has 0 aromatic heterocycles. The van der Waals surface area contributed by atoms with E-state index in [0.29, 0.717) is 11.7 Å². The van der Waals surface area contributed by atoms with Gasteiger partial charge >= 0.3 is 0 Å². The normalized spacial score (nSPS) is 35.6. The summed E-state index contributed by atoms with van der Waals surface area (Å²) in [6, 6.07) is 0. The van der Waals surface area contributed by atoms with Crippen molar-refractivity contribution in [3.63, 3.8) is 0 Å². The van der Waals surface area contributed by atoms with Crippen molar-refractivity contribution < 1.29 is 4.79 Å². The third kappa shape index (κ3) is 1.79. The molecule has 10 heavy (non-hydrogen) atoms. The van der Waals surface area contributed by atoms with E-state index < -0.39 is 0 Å². The Balaban J connectivity index is 2.41. The van der Waals surface area contributed by atoms with Crippen molar-refractivity contribution in [2.75, 3.05) is 6.66 Å². The number of hydrogen-bond donors (Lipinski definition) is 0. The minimum absolute atomic E-state index is 0.354. The lowest BCUT2D eigenvalue weighted by molar-refractivity contribution is -0.123. The molecule has 0 heterocycles. The lowest BCUT2D eigenvalue weighted by Gasteiger charge is -2.23. The SMILES string of the molecule is CP[C@@H]1CC[C@@H](C)C(=O)C1. The topological polar surface area (TPSA) is 17.1 Å². The Hall–Kier alpha value is 0.100. The van der Waals surface area contributed by atoms with Gasteiger partial charge in [-0.15, -0.1) is 8.58 Å². The van der Waals surface area contributed by atoms with E-state index in [1.54, 1.807) is 0 Å². The quantitative estimate of drug-likeness (QED) is 0.534. The van der Waals surface area contributed by atoms with Crippen LogP contribution in [-0.2, 0) is 4.79 Å². The van der Waals surface area contributed by atoms with Gasteiger partial charge in [0.1, 0.15) is 5.78 Å². The van der Waals surface area contributed by atoms with Crippen molar-refractivity contribution in [3.8, 4) is 0 Å². The van der Waals surface area contributed by atoms with Gasteiger partial charge in [-0.1, -0.05) is 6.92 Å². The second-order valence-corrected chi connectivity index (χ2v) is 4.53. The molecule has 1 saturated carbocycles. The fourth-order valence-corrected chi connectivity index (χ4v) is 2.27. The van der Waals surface area contributed by atoms with Crippen LogP contribution in [0, 0.1) is 5.92 Å². The Morgan fingerprint density at radius 3 is 2.70 bits per heavy atom. The van der Waals surface area contributed by atoms with Crippen LogP contribution in [0.3, 0.4) is 0 Å². The summed E-state index contributed by atoms with van der Waals surface area (Å²) in [6.45, 7) is 4.26. The molecule has 1 unspecified atom stereocenters. The summed E-state index contributed by atoms with van der Waals surface area (Å²) in [5, 5.41) is 0.